The van der Waals surface area contributed by atoms with Crippen molar-refractivity contribution in [1.82, 2.24) is 9.55 Å². The quantitative estimate of drug-likeness (QED) is 0.804. The zero-order valence-corrected chi connectivity index (χ0v) is 9.15. The molecule has 0 atom stereocenters. The lowest BCUT2D eigenvalue weighted by Crippen LogP contribution is -2.05. The summed E-state index contributed by atoms with van der Waals surface area (Å²) in [7, 11) is 0. The van der Waals surface area contributed by atoms with E-state index >= 15 is 0 Å². The molecule has 0 saturated heterocycles. The van der Waals surface area contributed by atoms with Gasteiger partial charge in [0.15, 0.2) is 0 Å². The van der Waals surface area contributed by atoms with Crippen molar-refractivity contribution < 1.29 is 4.39 Å². The first-order valence-corrected chi connectivity index (χ1v) is 5.24. The smallest absolute Gasteiger partial charge is 0.130 e. The second-order valence-electron chi connectivity index (χ2n) is 3.68. The third-order valence-electron chi connectivity index (χ3n) is 2.54. The molecule has 0 spiro atoms. The molecular weight excluding hydrogens is 205 g/mol. The first-order chi connectivity index (χ1) is 7.70. The van der Waals surface area contributed by atoms with Crippen LogP contribution in [0, 0.1) is 5.82 Å². The normalized spacial score (nSPS) is 10.6. The zero-order chi connectivity index (χ0) is 11.5. The van der Waals surface area contributed by atoms with Gasteiger partial charge in [-0.1, -0.05) is 13.0 Å². The first kappa shape index (κ1) is 10.7. The SMILES string of the molecule is CCc1nccn1Cc1ccc(N)cc1F. The van der Waals surface area contributed by atoms with E-state index in [1.807, 2.05) is 17.7 Å². The van der Waals surface area contributed by atoms with E-state index in [1.165, 1.54) is 6.07 Å². The van der Waals surface area contributed by atoms with Crippen molar-refractivity contribution in [3.8, 4) is 0 Å². The molecule has 0 aliphatic heterocycles. The van der Waals surface area contributed by atoms with Crippen LogP contribution in [0.3, 0.4) is 0 Å². The fraction of sp³-hybridized carbons (Fsp3) is 0.250. The Balaban J connectivity index is 2.27. The molecule has 0 saturated carbocycles. The van der Waals surface area contributed by atoms with Gasteiger partial charge in [-0.25, -0.2) is 9.37 Å². The van der Waals surface area contributed by atoms with E-state index in [4.69, 9.17) is 5.73 Å². The number of nitrogen functional groups attached to an aromatic ring is 1. The number of anilines is 1. The van der Waals surface area contributed by atoms with E-state index in [2.05, 4.69) is 4.98 Å². The van der Waals surface area contributed by atoms with Crippen LogP contribution >= 0.6 is 0 Å². The molecule has 2 N–H and O–H groups in total. The second-order valence-corrected chi connectivity index (χ2v) is 3.68. The van der Waals surface area contributed by atoms with Gasteiger partial charge in [-0.15, -0.1) is 0 Å². The van der Waals surface area contributed by atoms with Crippen molar-refractivity contribution in [2.75, 3.05) is 5.73 Å². The number of hydrogen-bond acceptors (Lipinski definition) is 2. The van der Waals surface area contributed by atoms with E-state index in [0.29, 0.717) is 17.8 Å². The van der Waals surface area contributed by atoms with Crippen molar-refractivity contribution in [2.45, 2.75) is 19.9 Å². The number of nitrogens with two attached hydrogens (primary N) is 1. The van der Waals surface area contributed by atoms with Crippen LogP contribution in [0.25, 0.3) is 0 Å². The van der Waals surface area contributed by atoms with Gasteiger partial charge in [0.25, 0.3) is 0 Å². The molecule has 0 radical (unpaired) electrons. The van der Waals surface area contributed by atoms with E-state index in [0.717, 1.165) is 12.2 Å². The lowest BCUT2D eigenvalue weighted by atomic mass is 10.2. The maximum absolute atomic E-state index is 13.6. The molecule has 1 heterocycles. The third kappa shape index (κ3) is 2.05. The van der Waals surface area contributed by atoms with Crippen LogP contribution < -0.4 is 5.73 Å². The van der Waals surface area contributed by atoms with Gasteiger partial charge in [-0.05, 0) is 12.1 Å². The van der Waals surface area contributed by atoms with Crippen molar-refractivity contribution in [2.24, 2.45) is 0 Å². The standard InChI is InChI=1S/C12H14FN3/c1-2-12-15-5-6-16(12)8-9-3-4-10(14)7-11(9)13/h3-7H,2,8,14H2,1H3. The van der Waals surface area contributed by atoms with E-state index in [9.17, 15) is 4.39 Å². The maximum Gasteiger partial charge on any atom is 0.130 e. The van der Waals surface area contributed by atoms with E-state index in [-0.39, 0.29) is 5.82 Å². The number of imidazole rings is 1. The van der Waals surface area contributed by atoms with Crippen LogP contribution in [0.15, 0.2) is 30.6 Å². The monoisotopic (exact) mass is 219 g/mol. The van der Waals surface area contributed by atoms with Crippen molar-refractivity contribution in [3.05, 3.63) is 47.8 Å². The molecule has 0 bridgehead atoms. The van der Waals surface area contributed by atoms with Crippen molar-refractivity contribution >= 4 is 5.69 Å². The predicted molar refractivity (Wildman–Crippen MR) is 61.5 cm³/mol. The third-order valence-corrected chi connectivity index (χ3v) is 2.54. The lowest BCUT2D eigenvalue weighted by molar-refractivity contribution is 0.595. The number of aromatic nitrogens is 2. The average Bonchev–Trinajstić information content (AvgIpc) is 2.69. The van der Waals surface area contributed by atoms with Gasteiger partial charge in [0.2, 0.25) is 0 Å². The Kier molecular flexibility index (Phi) is 2.90. The van der Waals surface area contributed by atoms with Gasteiger partial charge in [-0.3, -0.25) is 0 Å². The van der Waals surface area contributed by atoms with Gasteiger partial charge in [-0.2, -0.15) is 0 Å². The predicted octanol–water partition coefficient (Wildman–Crippen LogP) is 2.22. The molecule has 0 amide bonds. The molecule has 0 unspecified atom stereocenters. The zero-order valence-electron chi connectivity index (χ0n) is 9.15. The number of nitrogens with zero attached hydrogens (tertiary/aromatic N) is 2. The highest BCUT2D eigenvalue weighted by Gasteiger charge is 2.05. The average molecular weight is 219 g/mol. The minimum atomic E-state index is -0.268. The number of rotatable bonds is 3. The van der Waals surface area contributed by atoms with E-state index < -0.39 is 0 Å². The Morgan fingerprint density at radius 1 is 1.44 bits per heavy atom. The van der Waals surface area contributed by atoms with Crippen LogP contribution in [0.5, 0.6) is 0 Å². The molecule has 3 nitrogen and oxygen atoms in total. The molecule has 84 valence electrons. The molecule has 4 heteroatoms. The topological polar surface area (TPSA) is 43.8 Å². The fourth-order valence-electron chi connectivity index (χ4n) is 1.67. The summed E-state index contributed by atoms with van der Waals surface area (Å²) in [4.78, 5) is 4.19. The number of benzene rings is 1. The molecule has 2 rings (SSSR count). The van der Waals surface area contributed by atoms with Gasteiger partial charge < -0.3 is 10.3 Å². The molecule has 0 fully saturated rings. The Bertz CT molecular complexity index is 491. The molecule has 2 aromatic rings. The molecule has 1 aromatic heterocycles. The molecule has 0 aliphatic rings. The summed E-state index contributed by atoms with van der Waals surface area (Å²) in [6.45, 7) is 2.52. The lowest BCUT2D eigenvalue weighted by Gasteiger charge is -2.08. The summed E-state index contributed by atoms with van der Waals surface area (Å²) in [5.41, 5.74) is 6.57. The first-order valence-electron chi connectivity index (χ1n) is 5.24. The minimum absolute atomic E-state index is 0.268. The van der Waals surface area contributed by atoms with Crippen LogP contribution in [0.2, 0.25) is 0 Å². The van der Waals surface area contributed by atoms with Crippen LogP contribution in [0.4, 0.5) is 10.1 Å². The Labute approximate surface area is 93.7 Å². The molecule has 0 aliphatic carbocycles. The second kappa shape index (κ2) is 4.35. The van der Waals surface area contributed by atoms with E-state index in [1.54, 1.807) is 18.3 Å². The fourth-order valence-corrected chi connectivity index (χ4v) is 1.67. The molecule has 16 heavy (non-hydrogen) atoms. The maximum atomic E-state index is 13.6. The van der Waals surface area contributed by atoms with Gasteiger partial charge in [0.1, 0.15) is 11.6 Å². The Hall–Kier alpha value is -1.84. The summed E-state index contributed by atoms with van der Waals surface area (Å²) < 4.78 is 15.5. The number of aryl methyl sites for hydroxylation is 1. The Morgan fingerprint density at radius 3 is 2.94 bits per heavy atom. The Morgan fingerprint density at radius 2 is 2.25 bits per heavy atom. The van der Waals surface area contributed by atoms with Crippen LogP contribution in [0.1, 0.15) is 18.3 Å². The summed E-state index contributed by atoms with van der Waals surface area (Å²) >= 11 is 0. The number of halogens is 1. The molecule has 1 aromatic carbocycles. The van der Waals surface area contributed by atoms with Gasteiger partial charge in [0.05, 0.1) is 6.54 Å². The number of hydrogen-bond donors (Lipinski definition) is 1. The largest absolute Gasteiger partial charge is 0.399 e. The highest BCUT2D eigenvalue weighted by atomic mass is 19.1. The van der Waals surface area contributed by atoms with Crippen LogP contribution in [-0.4, -0.2) is 9.55 Å². The minimum Gasteiger partial charge on any atom is -0.399 e. The highest BCUT2D eigenvalue weighted by Crippen LogP contribution is 2.14. The van der Waals surface area contributed by atoms with Crippen LogP contribution in [-0.2, 0) is 13.0 Å². The van der Waals surface area contributed by atoms with Gasteiger partial charge >= 0.3 is 0 Å². The summed E-state index contributed by atoms with van der Waals surface area (Å²) in [6, 6.07) is 4.77. The summed E-state index contributed by atoms with van der Waals surface area (Å²) in [5, 5.41) is 0. The van der Waals surface area contributed by atoms with Gasteiger partial charge in [0, 0.05) is 30.1 Å². The van der Waals surface area contributed by atoms with Crippen molar-refractivity contribution in [1.29, 1.82) is 0 Å². The highest BCUT2D eigenvalue weighted by molar-refractivity contribution is 5.40. The summed E-state index contributed by atoms with van der Waals surface area (Å²) in [6.07, 6.45) is 4.42. The summed E-state index contributed by atoms with van der Waals surface area (Å²) in [5.74, 6) is 0.687. The molecular formula is C12H14FN3. The van der Waals surface area contributed by atoms with Crippen molar-refractivity contribution in [3.63, 3.8) is 0 Å².